The number of carbonyl (C=O) groups excluding carboxylic acids is 1. The van der Waals surface area contributed by atoms with Crippen molar-refractivity contribution in [1.82, 2.24) is 19.8 Å². The summed E-state index contributed by atoms with van der Waals surface area (Å²) in [5.41, 5.74) is 0.828. The zero-order chi connectivity index (χ0) is 18.2. The number of hydrogen-bond acceptors (Lipinski definition) is 7. The molecule has 1 saturated heterocycles. The first-order valence-corrected chi connectivity index (χ1v) is 8.40. The second kappa shape index (κ2) is 8.95. The maximum absolute atomic E-state index is 12.2. The van der Waals surface area contributed by atoms with E-state index in [9.17, 15) is 4.79 Å². The van der Waals surface area contributed by atoms with Crippen molar-refractivity contribution in [3.63, 3.8) is 0 Å². The molecule has 1 aromatic carbocycles. The van der Waals surface area contributed by atoms with Gasteiger partial charge in [0.1, 0.15) is 12.7 Å². The smallest absolute Gasteiger partial charge is 0.260 e. The predicted octanol–water partition coefficient (Wildman–Crippen LogP) is 0.797. The maximum Gasteiger partial charge on any atom is 0.260 e. The van der Waals surface area contributed by atoms with Gasteiger partial charge in [-0.15, -0.1) is 10.2 Å². The topological polar surface area (TPSA) is 91.1 Å². The Morgan fingerprint density at radius 2 is 2.00 bits per heavy atom. The van der Waals surface area contributed by atoms with Gasteiger partial charge in [-0.05, 0) is 30.7 Å². The van der Waals surface area contributed by atoms with Crippen molar-refractivity contribution in [2.45, 2.75) is 6.92 Å². The standard InChI is InChI=1S/C17H21N5O4/c1-2-25-16-9-14(10-20-22-12-18-19-13-22)3-4-15(16)26-11-17(23)21-5-7-24-8-6-21/h3-4,9-10,12-13H,2,5-8,11H2,1H3/b20-10-. The van der Waals surface area contributed by atoms with E-state index in [1.807, 2.05) is 19.1 Å². The third-order valence-electron chi connectivity index (χ3n) is 3.73. The first-order chi connectivity index (χ1) is 12.8. The highest BCUT2D eigenvalue weighted by Crippen LogP contribution is 2.28. The summed E-state index contributed by atoms with van der Waals surface area (Å²) < 4.78 is 18.1. The molecule has 26 heavy (non-hydrogen) atoms. The Labute approximate surface area is 151 Å². The summed E-state index contributed by atoms with van der Waals surface area (Å²) in [6, 6.07) is 5.42. The number of amides is 1. The summed E-state index contributed by atoms with van der Waals surface area (Å²) >= 11 is 0. The molecule has 1 aliphatic heterocycles. The summed E-state index contributed by atoms with van der Waals surface area (Å²) in [5.74, 6) is 1.03. The van der Waals surface area contributed by atoms with Crippen LogP contribution in [0.4, 0.5) is 0 Å². The van der Waals surface area contributed by atoms with E-state index in [1.54, 1.807) is 17.2 Å². The molecular formula is C17H21N5O4. The normalized spacial score (nSPS) is 14.6. The SMILES string of the molecule is CCOc1cc(/C=N\n2cnnc2)ccc1OCC(=O)N1CCOCC1. The Kier molecular flexibility index (Phi) is 6.15. The Morgan fingerprint density at radius 3 is 2.73 bits per heavy atom. The van der Waals surface area contributed by atoms with Gasteiger partial charge < -0.3 is 19.1 Å². The first-order valence-electron chi connectivity index (χ1n) is 8.40. The van der Waals surface area contributed by atoms with Gasteiger partial charge in [-0.25, -0.2) is 4.68 Å². The number of carbonyl (C=O) groups is 1. The van der Waals surface area contributed by atoms with Crippen molar-refractivity contribution in [2.24, 2.45) is 5.10 Å². The van der Waals surface area contributed by atoms with Crippen molar-refractivity contribution < 1.29 is 19.0 Å². The largest absolute Gasteiger partial charge is 0.490 e. The second-order valence-electron chi connectivity index (χ2n) is 5.51. The molecule has 1 fully saturated rings. The maximum atomic E-state index is 12.2. The number of morpholine rings is 1. The number of hydrogen-bond donors (Lipinski definition) is 0. The zero-order valence-corrected chi connectivity index (χ0v) is 14.6. The zero-order valence-electron chi connectivity index (χ0n) is 14.6. The molecule has 1 aliphatic rings. The second-order valence-corrected chi connectivity index (χ2v) is 5.51. The van der Waals surface area contributed by atoms with Gasteiger partial charge in [-0.1, -0.05) is 0 Å². The van der Waals surface area contributed by atoms with Crippen molar-refractivity contribution in [3.05, 3.63) is 36.4 Å². The van der Waals surface area contributed by atoms with Gasteiger partial charge in [0.15, 0.2) is 18.1 Å². The van der Waals surface area contributed by atoms with Crippen LogP contribution in [-0.4, -0.2) is 71.4 Å². The van der Waals surface area contributed by atoms with Crippen LogP contribution in [0.2, 0.25) is 0 Å². The molecule has 1 aromatic heterocycles. The third kappa shape index (κ3) is 4.79. The van der Waals surface area contributed by atoms with Gasteiger partial charge in [-0.2, -0.15) is 5.10 Å². The lowest BCUT2D eigenvalue weighted by atomic mass is 10.2. The molecule has 9 nitrogen and oxygen atoms in total. The van der Waals surface area contributed by atoms with Crippen LogP contribution in [0.15, 0.2) is 36.0 Å². The van der Waals surface area contributed by atoms with Crippen molar-refractivity contribution >= 4 is 12.1 Å². The number of benzene rings is 1. The first kappa shape index (κ1) is 17.9. The fraction of sp³-hybridized carbons (Fsp3) is 0.412. The van der Waals surface area contributed by atoms with E-state index in [2.05, 4.69) is 15.3 Å². The van der Waals surface area contributed by atoms with Gasteiger partial charge in [0.25, 0.3) is 5.91 Å². The molecule has 9 heteroatoms. The van der Waals surface area contributed by atoms with Crippen LogP contribution in [0.1, 0.15) is 12.5 Å². The highest BCUT2D eigenvalue weighted by Gasteiger charge is 2.18. The van der Waals surface area contributed by atoms with Crippen LogP contribution in [-0.2, 0) is 9.53 Å². The lowest BCUT2D eigenvalue weighted by Gasteiger charge is -2.26. The third-order valence-corrected chi connectivity index (χ3v) is 3.73. The van der Waals surface area contributed by atoms with Gasteiger partial charge in [0.05, 0.1) is 26.0 Å². The number of rotatable bonds is 7. The fourth-order valence-corrected chi connectivity index (χ4v) is 2.42. The molecule has 0 N–H and O–H groups in total. The van der Waals surface area contributed by atoms with Crippen LogP contribution in [0.25, 0.3) is 0 Å². The summed E-state index contributed by atoms with van der Waals surface area (Å²) in [6.45, 7) is 4.67. The molecule has 0 bridgehead atoms. The molecule has 2 aromatic rings. The van der Waals surface area contributed by atoms with E-state index < -0.39 is 0 Å². The van der Waals surface area contributed by atoms with Gasteiger partial charge >= 0.3 is 0 Å². The van der Waals surface area contributed by atoms with E-state index in [1.165, 1.54) is 17.3 Å². The molecule has 0 radical (unpaired) electrons. The highest BCUT2D eigenvalue weighted by molar-refractivity contribution is 5.81. The van der Waals surface area contributed by atoms with Crippen molar-refractivity contribution in [3.8, 4) is 11.5 Å². The molecule has 3 rings (SSSR count). The van der Waals surface area contributed by atoms with E-state index in [-0.39, 0.29) is 12.5 Å². The van der Waals surface area contributed by atoms with E-state index in [4.69, 9.17) is 14.2 Å². The highest BCUT2D eigenvalue weighted by atomic mass is 16.5. The fourth-order valence-electron chi connectivity index (χ4n) is 2.42. The Hall–Kier alpha value is -2.94. The Morgan fingerprint density at radius 1 is 1.23 bits per heavy atom. The predicted molar refractivity (Wildman–Crippen MR) is 93.5 cm³/mol. The number of ether oxygens (including phenoxy) is 3. The molecular weight excluding hydrogens is 338 g/mol. The van der Waals surface area contributed by atoms with Crippen LogP contribution >= 0.6 is 0 Å². The average Bonchev–Trinajstić information content (AvgIpc) is 3.20. The van der Waals surface area contributed by atoms with Crippen LogP contribution < -0.4 is 9.47 Å². The molecule has 138 valence electrons. The summed E-state index contributed by atoms with van der Waals surface area (Å²) in [4.78, 5) is 14.0. The van der Waals surface area contributed by atoms with E-state index >= 15 is 0 Å². The Balaban J connectivity index is 1.65. The summed E-state index contributed by atoms with van der Waals surface area (Å²) in [7, 11) is 0. The minimum atomic E-state index is -0.0611. The minimum absolute atomic E-state index is 0.0335. The van der Waals surface area contributed by atoms with Crippen LogP contribution in [0, 0.1) is 0 Å². The minimum Gasteiger partial charge on any atom is -0.490 e. The summed E-state index contributed by atoms with van der Waals surface area (Å²) in [5, 5.41) is 11.6. The van der Waals surface area contributed by atoms with E-state index in [0.29, 0.717) is 44.4 Å². The summed E-state index contributed by atoms with van der Waals surface area (Å²) in [6.07, 6.45) is 4.65. The van der Waals surface area contributed by atoms with Crippen LogP contribution in [0.3, 0.4) is 0 Å². The molecule has 2 heterocycles. The van der Waals surface area contributed by atoms with Gasteiger partial charge in [-0.3, -0.25) is 4.79 Å². The van der Waals surface area contributed by atoms with Gasteiger partial charge in [0, 0.05) is 13.1 Å². The van der Waals surface area contributed by atoms with Crippen LogP contribution in [0.5, 0.6) is 11.5 Å². The molecule has 0 aliphatic carbocycles. The average molecular weight is 359 g/mol. The molecule has 1 amide bonds. The lowest BCUT2D eigenvalue weighted by Crippen LogP contribution is -2.43. The monoisotopic (exact) mass is 359 g/mol. The molecule has 0 atom stereocenters. The van der Waals surface area contributed by atoms with E-state index in [0.717, 1.165) is 5.56 Å². The number of aromatic nitrogens is 3. The molecule has 0 spiro atoms. The van der Waals surface area contributed by atoms with Crippen molar-refractivity contribution in [2.75, 3.05) is 39.5 Å². The Bertz CT molecular complexity index is 742. The molecule has 0 saturated carbocycles. The number of nitrogens with zero attached hydrogens (tertiary/aromatic N) is 5. The quantitative estimate of drug-likeness (QED) is 0.679. The lowest BCUT2D eigenvalue weighted by molar-refractivity contribution is -0.137. The van der Waals surface area contributed by atoms with Gasteiger partial charge in [0.2, 0.25) is 0 Å². The molecule has 0 unspecified atom stereocenters. The van der Waals surface area contributed by atoms with Crippen molar-refractivity contribution in [1.29, 1.82) is 0 Å².